The number of rotatable bonds is 4. The predicted octanol–water partition coefficient (Wildman–Crippen LogP) is 4.26. The molecule has 0 radical (unpaired) electrons. The molecule has 98 valence electrons. The van der Waals surface area contributed by atoms with Crippen molar-refractivity contribution in [3.05, 3.63) is 58.7 Å². The van der Waals surface area contributed by atoms with Gasteiger partial charge >= 0.3 is 0 Å². The summed E-state index contributed by atoms with van der Waals surface area (Å²) in [4.78, 5) is 4.27. The van der Waals surface area contributed by atoms with E-state index in [1.807, 2.05) is 37.3 Å². The molecule has 0 aliphatic carbocycles. The van der Waals surface area contributed by atoms with Crippen molar-refractivity contribution in [1.82, 2.24) is 4.98 Å². The van der Waals surface area contributed by atoms with E-state index in [4.69, 9.17) is 10.5 Å². The van der Waals surface area contributed by atoms with Gasteiger partial charge in [-0.25, -0.2) is 4.98 Å². The second kappa shape index (κ2) is 5.89. The van der Waals surface area contributed by atoms with Crippen LogP contribution in [-0.4, -0.2) is 4.98 Å². The summed E-state index contributed by atoms with van der Waals surface area (Å²) in [5.41, 5.74) is 8.56. The van der Waals surface area contributed by atoms with Crippen LogP contribution in [0.4, 0.5) is 5.69 Å². The summed E-state index contributed by atoms with van der Waals surface area (Å²) in [5, 5.41) is 0. The molecule has 0 bridgehead atoms. The second-order valence-corrected chi connectivity index (χ2v) is 5.12. The molecule has 2 rings (SSSR count). The summed E-state index contributed by atoms with van der Waals surface area (Å²) in [6, 6.07) is 7.51. The van der Waals surface area contributed by atoms with Crippen LogP contribution >= 0.6 is 15.9 Å². The lowest BCUT2D eigenvalue weighted by Gasteiger charge is -2.11. The molecule has 0 amide bonds. The maximum atomic E-state index is 5.84. The van der Waals surface area contributed by atoms with E-state index >= 15 is 0 Å². The van der Waals surface area contributed by atoms with Gasteiger partial charge in [0.05, 0.1) is 4.47 Å². The van der Waals surface area contributed by atoms with Crippen LogP contribution in [0.5, 0.6) is 11.6 Å². The Bertz CT molecular complexity index is 611. The number of pyridine rings is 1. The van der Waals surface area contributed by atoms with E-state index in [0.717, 1.165) is 21.3 Å². The van der Waals surface area contributed by atoms with Gasteiger partial charge in [-0.1, -0.05) is 6.08 Å². The molecule has 1 heterocycles. The summed E-state index contributed by atoms with van der Waals surface area (Å²) in [7, 11) is 0. The number of nitrogens with two attached hydrogens (primary N) is 1. The summed E-state index contributed by atoms with van der Waals surface area (Å²) in [5.74, 6) is 1.28. The smallest absolute Gasteiger partial charge is 0.233 e. The number of nitrogen functional groups attached to an aromatic ring is 1. The zero-order valence-corrected chi connectivity index (χ0v) is 12.3. The Morgan fingerprint density at radius 1 is 1.42 bits per heavy atom. The fourth-order valence-electron chi connectivity index (χ4n) is 1.71. The Labute approximate surface area is 121 Å². The molecule has 0 saturated heterocycles. The fraction of sp³-hybridized carbons (Fsp3) is 0.133. The average molecular weight is 319 g/mol. The highest BCUT2D eigenvalue weighted by Gasteiger charge is 2.08. The van der Waals surface area contributed by atoms with E-state index in [0.29, 0.717) is 18.0 Å². The molecule has 0 aliphatic rings. The molecule has 0 atom stereocenters. The van der Waals surface area contributed by atoms with Gasteiger partial charge < -0.3 is 10.5 Å². The molecule has 2 N–H and O–H groups in total. The summed E-state index contributed by atoms with van der Waals surface area (Å²) in [6.07, 6.45) is 4.29. The quantitative estimate of drug-likeness (QED) is 0.677. The number of halogens is 1. The van der Waals surface area contributed by atoms with Gasteiger partial charge in [0.25, 0.3) is 0 Å². The van der Waals surface area contributed by atoms with Gasteiger partial charge in [-0.3, -0.25) is 0 Å². The molecule has 0 saturated carbocycles. The zero-order chi connectivity index (χ0) is 13.8. The summed E-state index contributed by atoms with van der Waals surface area (Å²) < 4.78 is 6.67. The first-order chi connectivity index (χ1) is 9.10. The van der Waals surface area contributed by atoms with Crippen LogP contribution in [-0.2, 0) is 6.42 Å². The van der Waals surface area contributed by atoms with Crippen LogP contribution in [0, 0.1) is 6.92 Å². The van der Waals surface area contributed by atoms with Gasteiger partial charge in [0, 0.05) is 17.4 Å². The SMILES string of the molecule is C=CCc1cc(N)ccc1Oc1ncc(C)cc1Br. The minimum absolute atomic E-state index is 0.542. The molecule has 19 heavy (non-hydrogen) atoms. The van der Waals surface area contributed by atoms with Crippen LogP contribution in [0.2, 0.25) is 0 Å². The molecule has 1 aromatic heterocycles. The van der Waals surface area contributed by atoms with Gasteiger partial charge in [-0.15, -0.1) is 6.58 Å². The van der Waals surface area contributed by atoms with Crippen molar-refractivity contribution < 1.29 is 4.74 Å². The van der Waals surface area contributed by atoms with E-state index in [1.165, 1.54) is 0 Å². The Balaban J connectivity index is 2.34. The van der Waals surface area contributed by atoms with Crippen molar-refractivity contribution in [2.45, 2.75) is 13.3 Å². The zero-order valence-electron chi connectivity index (χ0n) is 10.7. The van der Waals surface area contributed by atoms with E-state index in [-0.39, 0.29) is 0 Å². The highest BCUT2D eigenvalue weighted by atomic mass is 79.9. The Hall–Kier alpha value is -1.81. The maximum Gasteiger partial charge on any atom is 0.233 e. The molecule has 4 heteroatoms. The van der Waals surface area contributed by atoms with Crippen molar-refractivity contribution in [2.24, 2.45) is 0 Å². The monoisotopic (exact) mass is 318 g/mol. The van der Waals surface area contributed by atoms with Crippen molar-refractivity contribution in [2.75, 3.05) is 5.73 Å². The lowest BCUT2D eigenvalue weighted by atomic mass is 10.1. The Morgan fingerprint density at radius 2 is 2.21 bits per heavy atom. The predicted molar refractivity (Wildman–Crippen MR) is 81.5 cm³/mol. The molecule has 0 fully saturated rings. The number of benzene rings is 1. The highest BCUT2D eigenvalue weighted by molar-refractivity contribution is 9.10. The number of hydrogen-bond donors (Lipinski definition) is 1. The minimum atomic E-state index is 0.542. The molecule has 0 spiro atoms. The third kappa shape index (κ3) is 3.35. The summed E-state index contributed by atoms with van der Waals surface area (Å²) >= 11 is 3.45. The number of allylic oxidation sites excluding steroid dienone is 1. The topological polar surface area (TPSA) is 48.1 Å². The van der Waals surface area contributed by atoms with Crippen LogP contribution < -0.4 is 10.5 Å². The van der Waals surface area contributed by atoms with E-state index < -0.39 is 0 Å². The van der Waals surface area contributed by atoms with Crippen molar-refractivity contribution >= 4 is 21.6 Å². The van der Waals surface area contributed by atoms with E-state index in [1.54, 1.807) is 6.20 Å². The van der Waals surface area contributed by atoms with Crippen LogP contribution in [0.3, 0.4) is 0 Å². The first kappa shape index (κ1) is 13.6. The van der Waals surface area contributed by atoms with Crippen molar-refractivity contribution in [1.29, 1.82) is 0 Å². The average Bonchev–Trinajstić information content (AvgIpc) is 2.36. The number of nitrogens with zero attached hydrogens (tertiary/aromatic N) is 1. The minimum Gasteiger partial charge on any atom is -0.438 e. The maximum absolute atomic E-state index is 5.84. The largest absolute Gasteiger partial charge is 0.438 e. The van der Waals surface area contributed by atoms with Crippen molar-refractivity contribution in [3.8, 4) is 11.6 Å². The number of ether oxygens (including phenoxy) is 1. The van der Waals surface area contributed by atoms with Crippen molar-refractivity contribution in [3.63, 3.8) is 0 Å². The Kier molecular flexibility index (Phi) is 4.22. The number of aryl methyl sites for hydroxylation is 1. The third-order valence-corrected chi connectivity index (χ3v) is 3.17. The standard InChI is InChI=1S/C15H15BrN2O/c1-3-4-11-8-12(17)5-6-14(11)19-15-13(16)7-10(2)9-18-15/h3,5-9H,1,4,17H2,2H3. The van der Waals surface area contributed by atoms with Crippen LogP contribution in [0.25, 0.3) is 0 Å². The first-order valence-electron chi connectivity index (χ1n) is 5.89. The van der Waals surface area contributed by atoms with Crippen LogP contribution in [0.15, 0.2) is 47.6 Å². The molecule has 0 aliphatic heterocycles. The number of anilines is 1. The molecule has 2 aromatic rings. The van der Waals surface area contributed by atoms with Gasteiger partial charge in [-0.2, -0.15) is 0 Å². The second-order valence-electron chi connectivity index (χ2n) is 4.26. The highest BCUT2D eigenvalue weighted by Crippen LogP contribution is 2.31. The van der Waals surface area contributed by atoms with Gasteiger partial charge in [0.15, 0.2) is 0 Å². The van der Waals surface area contributed by atoms with Gasteiger partial charge in [0.1, 0.15) is 5.75 Å². The fourth-order valence-corrected chi connectivity index (χ4v) is 2.26. The normalized spacial score (nSPS) is 10.2. The lowest BCUT2D eigenvalue weighted by molar-refractivity contribution is 0.455. The molecule has 1 aromatic carbocycles. The lowest BCUT2D eigenvalue weighted by Crippen LogP contribution is -1.96. The molecule has 3 nitrogen and oxygen atoms in total. The van der Waals surface area contributed by atoms with Gasteiger partial charge in [0.2, 0.25) is 5.88 Å². The molecule has 0 unspecified atom stereocenters. The third-order valence-electron chi connectivity index (χ3n) is 2.60. The van der Waals surface area contributed by atoms with E-state index in [9.17, 15) is 0 Å². The molecular formula is C15H15BrN2O. The number of aromatic nitrogens is 1. The van der Waals surface area contributed by atoms with Crippen LogP contribution in [0.1, 0.15) is 11.1 Å². The molecular weight excluding hydrogens is 304 g/mol. The Morgan fingerprint density at radius 3 is 2.89 bits per heavy atom. The van der Waals surface area contributed by atoms with Gasteiger partial charge in [-0.05, 0) is 59.1 Å². The van der Waals surface area contributed by atoms with E-state index in [2.05, 4.69) is 27.5 Å². The number of hydrogen-bond acceptors (Lipinski definition) is 3. The first-order valence-corrected chi connectivity index (χ1v) is 6.68. The summed E-state index contributed by atoms with van der Waals surface area (Å²) in [6.45, 7) is 5.72.